The van der Waals surface area contributed by atoms with Crippen LogP contribution in [0.4, 0.5) is 0 Å². The molecule has 0 atom stereocenters. The van der Waals surface area contributed by atoms with Crippen molar-refractivity contribution in [3.05, 3.63) is 30.6 Å². The Morgan fingerprint density at radius 3 is 2.42 bits per heavy atom. The Balaban J connectivity index is 1.86. The Morgan fingerprint density at radius 1 is 1.04 bits per heavy atom. The molecule has 1 aromatic heterocycles. The van der Waals surface area contributed by atoms with E-state index in [4.69, 9.17) is 18.9 Å². The Labute approximate surface area is 154 Å². The third-order valence-electron chi connectivity index (χ3n) is 4.65. The van der Waals surface area contributed by atoms with Gasteiger partial charge in [-0.3, -0.25) is 4.98 Å². The van der Waals surface area contributed by atoms with Gasteiger partial charge in [-0.15, -0.1) is 0 Å². The number of nitrogens with one attached hydrogen (secondary N) is 1. The largest absolute Gasteiger partial charge is 0.493 e. The first-order chi connectivity index (χ1) is 12.7. The highest BCUT2D eigenvalue weighted by Crippen LogP contribution is 2.44. The lowest BCUT2D eigenvalue weighted by atomic mass is 10.1. The summed E-state index contributed by atoms with van der Waals surface area (Å²) < 4.78 is 22.4. The maximum atomic E-state index is 6.00. The molecule has 1 aromatic carbocycles. The van der Waals surface area contributed by atoms with Gasteiger partial charge in [0.2, 0.25) is 5.75 Å². The predicted molar refractivity (Wildman–Crippen MR) is 100 cm³/mol. The highest BCUT2D eigenvalue weighted by Gasteiger charge is 2.42. The molecule has 1 heterocycles. The van der Waals surface area contributed by atoms with Gasteiger partial charge < -0.3 is 24.3 Å². The van der Waals surface area contributed by atoms with Crippen LogP contribution in [0.25, 0.3) is 11.1 Å². The summed E-state index contributed by atoms with van der Waals surface area (Å²) in [7, 11) is 4.81. The Hall–Kier alpha value is -2.47. The number of methoxy groups -OCH3 is 3. The zero-order valence-corrected chi connectivity index (χ0v) is 15.8. The molecule has 1 saturated carbocycles. The highest BCUT2D eigenvalue weighted by atomic mass is 16.5. The average Bonchev–Trinajstić information content (AvgIpc) is 3.45. The van der Waals surface area contributed by atoms with Gasteiger partial charge >= 0.3 is 0 Å². The van der Waals surface area contributed by atoms with Crippen molar-refractivity contribution in [2.24, 2.45) is 0 Å². The van der Waals surface area contributed by atoms with Crippen molar-refractivity contribution in [3.8, 4) is 34.1 Å². The molecule has 0 radical (unpaired) electrons. The third kappa shape index (κ3) is 3.70. The number of nitrogens with zero attached hydrogens (tertiary/aromatic N) is 1. The van der Waals surface area contributed by atoms with E-state index in [0.717, 1.165) is 36.3 Å². The Bertz CT molecular complexity index is 759. The van der Waals surface area contributed by atoms with E-state index in [9.17, 15) is 0 Å². The van der Waals surface area contributed by atoms with Gasteiger partial charge in [0.15, 0.2) is 11.5 Å². The van der Waals surface area contributed by atoms with Crippen LogP contribution in [0.2, 0.25) is 0 Å². The van der Waals surface area contributed by atoms with E-state index in [0.29, 0.717) is 23.9 Å². The fourth-order valence-corrected chi connectivity index (χ4v) is 3.09. The third-order valence-corrected chi connectivity index (χ3v) is 4.65. The van der Waals surface area contributed by atoms with Crippen LogP contribution >= 0.6 is 0 Å². The summed E-state index contributed by atoms with van der Waals surface area (Å²) in [6, 6.07) is 5.76. The molecule has 1 N–H and O–H groups in total. The number of aromatic nitrogens is 1. The fourth-order valence-electron chi connectivity index (χ4n) is 3.09. The summed E-state index contributed by atoms with van der Waals surface area (Å²) in [5, 5.41) is 3.50. The molecule has 1 aliphatic rings. The van der Waals surface area contributed by atoms with Crippen molar-refractivity contribution in [1.82, 2.24) is 10.3 Å². The predicted octanol–water partition coefficient (Wildman–Crippen LogP) is 3.30. The van der Waals surface area contributed by atoms with Crippen LogP contribution in [0.5, 0.6) is 23.0 Å². The number of hydrogen-bond acceptors (Lipinski definition) is 6. The second kappa shape index (κ2) is 7.83. The van der Waals surface area contributed by atoms with Gasteiger partial charge in [-0.25, -0.2) is 0 Å². The van der Waals surface area contributed by atoms with E-state index in [1.165, 1.54) is 0 Å². The highest BCUT2D eigenvalue weighted by molar-refractivity contribution is 5.76. The lowest BCUT2D eigenvalue weighted by Crippen LogP contribution is -2.36. The van der Waals surface area contributed by atoms with Crippen molar-refractivity contribution in [1.29, 1.82) is 0 Å². The van der Waals surface area contributed by atoms with Crippen LogP contribution in [0.15, 0.2) is 30.6 Å². The zero-order chi connectivity index (χ0) is 18.6. The maximum Gasteiger partial charge on any atom is 0.203 e. The minimum Gasteiger partial charge on any atom is -0.493 e. The molecule has 0 spiro atoms. The average molecular weight is 358 g/mol. The summed E-state index contributed by atoms with van der Waals surface area (Å²) in [4.78, 5) is 4.33. The first-order valence-electron chi connectivity index (χ1n) is 8.78. The number of pyridine rings is 1. The molecule has 0 aliphatic heterocycles. The van der Waals surface area contributed by atoms with Gasteiger partial charge in [-0.1, -0.05) is 6.92 Å². The summed E-state index contributed by atoms with van der Waals surface area (Å²) in [5.41, 5.74) is 1.90. The first-order valence-corrected chi connectivity index (χ1v) is 8.78. The first kappa shape index (κ1) is 18.3. The van der Waals surface area contributed by atoms with Crippen LogP contribution in [0.3, 0.4) is 0 Å². The number of rotatable bonds is 9. The SMILES string of the molecule is CCNC1(COc2cncc(-c3ccc(OC)c(OC)c3OC)c2)CC1. The standard InChI is InChI=1S/C20H26N2O4/c1-5-22-20(8-9-20)13-26-15-10-14(11-21-12-15)16-6-7-17(23-2)19(25-4)18(16)24-3/h6-7,10-12,22H,5,8-9,13H2,1-4H3. The zero-order valence-electron chi connectivity index (χ0n) is 15.8. The van der Waals surface area contributed by atoms with Gasteiger partial charge in [0, 0.05) is 17.3 Å². The molecule has 1 aliphatic carbocycles. The van der Waals surface area contributed by atoms with Crippen LogP contribution in [-0.2, 0) is 0 Å². The minimum atomic E-state index is 0.131. The van der Waals surface area contributed by atoms with E-state index >= 15 is 0 Å². The van der Waals surface area contributed by atoms with Crippen molar-refractivity contribution in [3.63, 3.8) is 0 Å². The minimum absolute atomic E-state index is 0.131. The topological polar surface area (TPSA) is 61.8 Å². The van der Waals surface area contributed by atoms with Crippen LogP contribution in [0, 0.1) is 0 Å². The number of likely N-dealkylation sites (N-methyl/N-ethyl adjacent to an activating group) is 1. The molecule has 140 valence electrons. The van der Waals surface area contributed by atoms with E-state index in [1.807, 2.05) is 18.2 Å². The molecule has 3 rings (SSSR count). The molecule has 0 unspecified atom stereocenters. The number of ether oxygens (including phenoxy) is 4. The Kier molecular flexibility index (Phi) is 5.52. The number of hydrogen-bond donors (Lipinski definition) is 1. The molecule has 6 nitrogen and oxygen atoms in total. The second-order valence-electron chi connectivity index (χ2n) is 6.39. The lowest BCUT2D eigenvalue weighted by Gasteiger charge is -2.18. The van der Waals surface area contributed by atoms with Crippen LogP contribution in [0.1, 0.15) is 19.8 Å². The summed E-state index contributed by atoms with van der Waals surface area (Å²) in [6.07, 6.45) is 5.82. The summed E-state index contributed by atoms with van der Waals surface area (Å²) in [5.74, 6) is 2.53. The van der Waals surface area contributed by atoms with Gasteiger partial charge in [0.1, 0.15) is 12.4 Å². The summed E-state index contributed by atoms with van der Waals surface area (Å²) >= 11 is 0. The molecule has 0 bridgehead atoms. The maximum absolute atomic E-state index is 6.00. The quantitative estimate of drug-likeness (QED) is 0.742. The Morgan fingerprint density at radius 2 is 1.81 bits per heavy atom. The van der Waals surface area contributed by atoms with Gasteiger partial charge in [-0.2, -0.15) is 0 Å². The lowest BCUT2D eigenvalue weighted by molar-refractivity contribution is 0.253. The molecular weight excluding hydrogens is 332 g/mol. The van der Waals surface area contributed by atoms with Gasteiger partial charge in [-0.05, 0) is 37.6 Å². The van der Waals surface area contributed by atoms with Gasteiger partial charge in [0.05, 0.1) is 33.1 Å². The molecule has 0 amide bonds. The molecule has 0 saturated heterocycles. The van der Waals surface area contributed by atoms with Crippen molar-refractivity contribution >= 4 is 0 Å². The van der Waals surface area contributed by atoms with Crippen molar-refractivity contribution in [2.75, 3.05) is 34.5 Å². The fraction of sp³-hybridized carbons (Fsp3) is 0.450. The molecule has 26 heavy (non-hydrogen) atoms. The monoisotopic (exact) mass is 358 g/mol. The smallest absolute Gasteiger partial charge is 0.203 e. The van der Waals surface area contributed by atoms with Crippen molar-refractivity contribution < 1.29 is 18.9 Å². The normalized spacial score (nSPS) is 14.6. The molecular formula is C20H26N2O4. The molecule has 6 heteroatoms. The van der Waals surface area contributed by atoms with Crippen LogP contribution < -0.4 is 24.3 Å². The number of benzene rings is 1. The second-order valence-corrected chi connectivity index (χ2v) is 6.39. The molecule has 2 aromatic rings. The van der Waals surface area contributed by atoms with E-state index in [-0.39, 0.29) is 5.54 Å². The van der Waals surface area contributed by atoms with Crippen molar-refractivity contribution in [2.45, 2.75) is 25.3 Å². The van der Waals surface area contributed by atoms with Crippen LogP contribution in [-0.4, -0.2) is 45.0 Å². The van der Waals surface area contributed by atoms with E-state index in [1.54, 1.807) is 33.7 Å². The molecule has 1 fully saturated rings. The summed E-state index contributed by atoms with van der Waals surface area (Å²) in [6.45, 7) is 3.71. The van der Waals surface area contributed by atoms with Gasteiger partial charge in [0.25, 0.3) is 0 Å². The van der Waals surface area contributed by atoms with E-state index in [2.05, 4.69) is 17.2 Å². The van der Waals surface area contributed by atoms with E-state index < -0.39 is 0 Å².